The van der Waals surface area contributed by atoms with E-state index in [2.05, 4.69) is 24.3 Å². The van der Waals surface area contributed by atoms with Gasteiger partial charge in [-0.2, -0.15) is 0 Å². The van der Waals surface area contributed by atoms with Crippen LogP contribution >= 0.6 is 0 Å². The third-order valence-electron chi connectivity index (χ3n) is 11.2. The topological polar surface area (TPSA) is 63.7 Å². The third kappa shape index (κ3) is 3.39. The van der Waals surface area contributed by atoms with Gasteiger partial charge in [-0.25, -0.2) is 4.90 Å². The van der Waals surface area contributed by atoms with Gasteiger partial charge in [-0.05, 0) is 68.1 Å². The van der Waals surface area contributed by atoms with Crippen LogP contribution in [0.5, 0.6) is 11.5 Å². The van der Waals surface area contributed by atoms with E-state index in [1.165, 1.54) is 4.90 Å². The van der Waals surface area contributed by atoms with Crippen LogP contribution in [0.2, 0.25) is 0 Å². The van der Waals surface area contributed by atoms with Gasteiger partial charge in [0.15, 0.2) is 11.5 Å². The van der Waals surface area contributed by atoms with Gasteiger partial charge in [-0.15, -0.1) is 0 Å². The molecular weight excluding hydrogens is 618 g/mol. The van der Waals surface area contributed by atoms with E-state index >= 15 is 14.4 Å². The van der Waals surface area contributed by atoms with E-state index in [0.717, 1.165) is 32.7 Å². The molecule has 0 spiro atoms. The molecule has 4 atom stereocenters. The molecule has 5 heteroatoms. The lowest BCUT2D eigenvalue weighted by atomic mass is 9.59. The van der Waals surface area contributed by atoms with Crippen molar-refractivity contribution in [2.45, 2.75) is 10.8 Å². The second kappa shape index (κ2) is 10.3. The molecule has 2 amide bonds. The average Bonchev–Trinajstić information content (AvgIpc) is 3.69. The molecule has 2 fully saturated rings. The van der Waals surface area contributed by atoms with Crippen molar-refractivity contribution in [2.24, 2.45) is 11.8 Å². The molecule has 5 nitrogen and oxygen atoms in total. The van der Waals surface area contributed by atoms with Crippen LogP contribution in [0, 0.1) is 11.8 Å². The quantitative estimate of drug-likeness (QED) is 0.138. The monoisotopic (exact) mass is 647 g/mol. The summed E-state index contributed by atoms with van der Waals surface area (Å²) in [5.41, 5.74) is 0.574. The minimum Gasteiger partial charge on any atom is -0.455 e. The molecular formula is C45H29NO4. The van der Waals surface area contributed by atoms with Crippen molar-refractivity contribution in [3.8, 4) is 11.5 Å². The van der Waals surface area contributed by atoms with Crippen molar-refractivity contribution >= 4 is 44.8 Å². The lowest BCUT2D eigenvalue weighted by Gasteiger charge is -2.38. The summed E-state index contributed by atoms with van der Waals surface area (Å²) in [6.45, 7) is 0. The molecule has 7 aromatic carbocycles. The fraction of sp³-hybridized carbons (Fsp3) is 0.0889. The maximum atomic E-state index is 16.1. The van der Waals surface area contributed by atoms with E-state index in [4.69, 9.17) is 4.74 Å². The van der Waals surface area contributed by atoms with Gasteiger partial charge in [0.1, 0.15) is 5.75 Å². The normalized spacial score (nSPS) is 23.4. The van der Waals surface area contributed by atoms with Crippen LogP contribution in [-0.4, -0.2) is 17.6 Å². The Morgan fingerprint density at radius 1 is 0.440 bits per heavy atom. The number of hydrogen-bond acceptors (Lipinski definition) is 4. The largest absolute Gasteiger partial charge is 0.455 e. The first-order valence-electron chi connectivity index (χ1n) is 16.9. The Balaban J connectivity index is 1.34. The van der Waals surface area contributed by atoms with Crippen LogP contribution in [0.15, 0.2) is 164 Å². The zero-order chi connectivity index (χ0) is 33.6. The van der Waals surface area contributed by atoms with Gasteiger partial charge in [0.05, 0.1) is 28.4 Å². The average molecular weight is 648 g/mol. The highest BCUT2D eigenvalue weighted by Gasteiger charge is 2.82. The van der Waals surface area contributed by atoms with E-state index in [9.17, 15) is 0 Å². The van der Waals surface area contributed by atoms with Crippen molar-refractivity contribution in [2.75, 3.05) is 4.90 Å². The van der Waals surface area contributed by atoms with E-state index in [-0.39, 0.29) is 5.78 Å². The molecule has 0 N–H and O–H groups in total. The molecule has 2 aliphatic carbocycles. The van der Waals surface area contributed by atoms with Gasteiger partial charge in [0, 0.05) is 0 Å². The van der Waals surface area contributed by atoms with Crippen molar-refractivity contribution in [1.29, 1.82) is 0 Å². The molecule has 4 unspecified atom stereocenters. The predicted molar refractivity (Wildman–Crippen MR) is 193 cm³/mol. The molecule has 10 rings (SSSR count). The van der Waals surface area contributed by atoms with Gasteiger partial charge >= 0.3 is 0 Å². The Morgan fingerprint density at radius 2 is 0.840 bits per heavy atom. The summed E-state index contributed by atoms with van der Waals surface area (Å²) < 4.78 is 6.31. The SMILES string of the molecule is O=C1C2C(C(=O)N1c1ccccc1Oc1ccccc1)C1(c3ccccc3)C(=O)C2(c2ccccc2)c2c1c1ccccc1c1ccccc21. The number of amides is 2. The number of benzene rings is 7. The number of para-hydroxylation sites is 3. The number of Topliss-reactive ketones (excluding diaryl/α,β-unsaturated/α-hetero) is 1. The van der Waals surface area contributed by atoms with Crippen molar-refractivity contribution in [3.63, 3.8) is 0 Å². The van der Waals surface area contributed by atoms with Crippen molar-refractivity contribution < 1.29 is 19.1 Å². The molecule has 1 saturated heterocycles. The first-order valence-corrected chi connectivity index (χ1v) is 16.9. The summed E-state index contributed by atoms with van der Waals surface area (Å²) in [5.74, 6) is -1.94. The second-order valence-electron chi connectivity index (χ2n) is 13.4. The van der Waals surface area contributed by atoms with Crippen LogP contribution < -0.4 is 9.64 Å². The summed E-state index contributed by atoms with van der Waals surface area (Å²) >= 11 is 0. The lowest BCUT2D eigenvalue weighted by Crippen LogP contribution is -2.45. The molecule has 50 heavy (non-hydrogen) atoms. The van der Waals surface area contributed by atoms with E-state index < -0.39 is 34.5 Å². The number of rotatable bonds is 5. The summed E-state index contributed by atoms with van der Waals surface area (Å²) in [5, 5.41) is 3.85. The Labute approximate surface area is 288 Å². The Bertz CT molecular complexity index is 2410. The number of ether oxygens (including phenoxy) is 1. The Hall–Kier alpha value is -6.33. The standard InChI is InChI=1S/C45H29NO4/c47-41-39-40(42(48)46(41)35-26-14-15-27-36(35)50-30-20-8-3-9-21-30)45(29-18-6-2-7-19-29)38-34-25-13-11-23-32(34)31-22-10-12-24-33(31)37(38)44(39,43(45)49)28-16-4-1-5-17-28/h1-27,39-40H. The highest BCUT2D eigenvalue weighted by atomic mass is 16.5. The Kier molecular flexibility index (Phi) is 5.92. The van der Waals surface area contributed by atoms with Crippen molar-refractivity contribution in [3.05, 3.63) is 186 Å². The molecule has 1 aliphatic heterocycles. The molecule has 1 heterocycles. The fourth-order valence-electron chi connectivity index (χ4n) is 9.53. The first-order chi connectivity index (χ1) is 24.6. The summed E-state index contributed by atoms with van der Waals surface area (Å²) in [6, 6.07) is 52.0. The molecule has 238 valence electrons. The summed E-state index contributed by atoms with van der Waals surface area (Å²) in [4.78, 5) is 48.2. The van der Waals surface area contributed by atoms with Crippen LogP contribution in [-0.2, 0) is 25.2 Å². The summed E-state index contributed by atoms with van der Waals surface area (Å²) in [6.07, 6.45) is 0. The van der Waals surface area contributed by atoms with Gasteiger partial charge in [-0.1, -0.05) is 140 Å². The van der Waals surface area contributed by atoms with Crippen LogP contribution in [0.25, 0.3) is 21.5 Å². The number of imide groups is 1. The van der Waals surface area contributed by atoms with E-state index in [0.29, 0.717) is 28.3 Å². The number of fused-ring (bicyclic) bond motifs is 13. The molecule has 3 aliphatic rings. The molecule has 0 aromatic heterocycles. The minimum absolute atomic E-state index is 0.121. The van der Waals surface area contributed by atoms with Gasteiger partial charge in [0.25, 0.3) is 0 Å². The third-order valence-corrected chi connectivity index (χ3v) is 11.2. The number of hydrogen-bond donors (Lipinski definition) is 0. The molecule has 2 bridgehead atoms. The molecule has 7 aromatic rings. The lowest BCUT2D eigenvalue weighted by molar-refractivity contribution is -0.130. The molecule has 1 saturated carbocycles. The predicted octanol–water partition coefficient (Wildman–Crippen LogP) is 8.76. The number of carbonyl (C=O) groups is 3. The van der Waals surface area contributed by atoms with Crippen LogP contribution in [0.4, 0.5) is 5.69 Å². The number of carbonyl (C=O) groups excluding carboxylic acids is 3. The van der Waals surface area contributed by atoms with Crippen molar-refractivity contribution in [1.82, 2.24) is 0 Å². The van der Waals surface area contributed by atoms with Crippen LogP contribution in [0.1, 0.15) is 22.3 Å². The van der Waals surface area contributed by atoms with E-state index in [1.54, 1.807) is 18.2 Å². The van der Waals surface area contributed by atoms with E-state index in [1.807, 2.05) is 121 Å². The van der Waals surface area contributed by atoms with Gasteiger partial charge < -0.3 is 4.74 Å². The second-order valence-corrected chi connectivity index (χ2v) is 13.4. The highest BCUT2D eigenvalue weighted by Crippen LogP contribution is 2.72. The molecule has 0 radical (unpaired) electrons. The highest BCUT2D eigenvalue weighted by molar-refractivity contribution is 6.34. The number of nitrogens with zero attached hydrogens (tertiary/aromatic N) is 1. The Morgan fingerprint density at radius 3 is 1.34 bits per heavy atom. The maximum absolute atomic E-state index is 16.1. The maximum Gasteiger partial charge on any atom is 0.239 e. The van der Waals surface area contributed by atoms with Crippen LogP contribution in [0.3, 0.4) is 0 Å². The fourth-order valence-corrected chi connectivity index (χ4v) is 9.53. The van der Waals surface area contributed by atoms with Gasteiger partial charge in [-0.3, -0.25) is 14.4 Å². The first kappa shape index (κ1) is 28.7. The number of ketones is 1. The minimum atomic E-state index is -1.43. The smallest absolute Gasteiger partial charge is 0.239 e. The van der Waals surface area contributed by atoms with Gasteiger partial charge in [0.2, 0.25) is 11.8 Å². The zero-order valence-corrected chi connectivity index (χ0v) is 26.8. The zero-order valence-electron chi connectivity index (χ0n) is 26.8. The summed E-state index contributed by atoms with van der Waals surface area (Å²) in [7, 11) is 0. The number of anilines is 1.